The molecule has 2 N–H and O–H groups in total. The summed E-state index contributed by atoms with van der Waals surface area (Å²) >= 11 is 0. The molecule has 2 saturated carbocycles. The summed E-state index contributed by atoms with van der Waals surface area (Å²) in [5, 5.41) is 6.29. The van der Waals surface area contributed by atoms with Gasteiger partial charge < -0.3 is 10.6 Å². The first-order valence-corrected chi connectivity index (χ1v) is 5.82. The van der Waals surface area contributed by atoms with Crippen molar-refractivity contribution in [2.24, 2.45) is 5.92 Å². The number of hydrogen-bond acceptors (Lipinski definition) is 2. The van der Waals surface area contributed by atoms with Gasteiger partial charge in [-0.15, -0.1) is 0 Å². The molecular weight excluding hydrogens is 176 g/mol. The Kier molecular flexibility index (Phi) is 3.06. The molecule has 0 aromatic rings. The summed E-state index contributed by atoms with van der Waals surface area (Å²) in [5.74, 6) is 0.949. The van der Waals surface area contributed by atoms with Gasteiger partial charge in [0.05, 0.1) is 6.54 Å². The molecule has 3 nitrogen and oxygen atoms in total. The van der Waals surface area contributed by atoms with Crippen molar-refractivity contribution in [2.75, 3.05) is 6.54 Å². The third-order valence-electron chi connectivity index (χ3n) is 3.06. The molecule has 2 aliphatic carbocycles. The lowest BCUT2D eigenvalue weighted by Crippen LogP contribution is -2.36. The first-order valence-electron chi connectivity index (χ1n) is 5.82. The van der Waals surface area contributed by atoms with Gasteiger partial charge in [-0.1, -0.05) is 13.3 Å². The summed E-state index contributed by atoms with van der Waals surface area (Å²) in [4.78, 5) is 11.4. The van der Waals surface area contributed by atoms with E-state index in [0.717, 1.165) is 5.92 Å². The zero-order chi connectivity index (χ0) is 9.97. The van der Waals surface area contributed by atoms with E-state index in [-0.39, 0.29) is 5.91 Å². The normalized spacial score (nSPS) is 30.1. The van der Waals surface area contributed by atoms with Crippen LogP contribution in [-0.2, 0) is 4.79 Å². The summed E-state index contributed by atoms with van der Waals surface area (Å²) in [7, 11) is 0. The van der Waals surface area contributed by atoms with Crippen LogP contribution in [0, 0.1) is 5.92 Å². The predicted octanol–water partition coefficient (Wildman–Crippen LogP) is 1.04. The molecule has 3 heteroatoms. The first-order chi connectivity index (χ1) is 6.79. The molecule has 0 saturated heterocycles. The zero-order valence-electron chi connectivity index (χ0n) is 8.88. The van der Waals surface area contributed by atoms with Crippen molar-refractivity contribution >= 4 is 5.91 Å². The maximum atomic E-state index is 11.4. The Hall–Kier alpha value is -0.570. The fourth-order valence-electron chi connectivity index (χ4n) is 1.90. The van der Waals surface area contributed by atoms with Crippen LogP contribution in [0.15, 0.2) is 0 Å². The van der Waals surface area contributed by atoms with Crippen LogP contribution in [0.2, 0.25) is 0 Å². The van der Waals surface area contributed by atoms with E-state index in [4.69, 9.17) is 0 Å². The van der Waals surface area contributed by atoms with Crippen LogP contribution >= 0.6 is 0 Å². The number of hydrogen-bond donors (Lipinski definition) is 2. The molecule has 0 bridgehead atoms. The molecule has 2 aliphatic rings. The lowest BCUT2D eigenvalue weighted by Gasteiger charge is -2.04. The Balaban J connectivity index is 1.54. The van der Waals surface area contributed by atoms with E-state index in [1.807, 2.05) is 0 Å². The maximum Gasteiger partial charge on any atom is 0.234 e. The van der Waals surface area contributed by atoms with Gasteiger partial charge in [0, 0.05) is 12.1 Å². The topological polar surface area (TPSA) is 41.1 Å². The molecule has 0 spiro atoms. The molecular formula is C11H20N2O. The van der Waals surface area contributed by atoms with Crippen molar-refractivity contribution in [3.8, 4) is 0 Å². The third kappa shape index (κ3) is 2.98. The molecule has 0 radical (unpaired) electrons. The van der Waals surface area contributed by atoms with E-state index in [2.05, 4.69) is 17.6 Å². The minimum atomic E-state index is 0.181. The van der Waals surface area contributed by atoms with Crippen molar-refractivity contribution in [1.82, 2.24) is 10.6 Å². The quantitative estimate of drug-likeness (QED) is 0.666. The second-order valence-electron chi connectivity index (χ2n) is 4.61. The Morgan fingerprint density at radius 2 is 2.21 bits per heavy atom. The number of carbonyl (C=O) groups excluding carboxylic acids is 1. The van der Waals surface area contributed by atoms with Gasteiger partial charge in [0.15, 0.2) is 0 Å². The minimum absolute atomic E-state index is 0.181. The van der Waals surface area contributed by atoms with E-state index in [1.54, 1.807) is 0 Å². The van der Waals surface area contributed by atoms with Crippen LogP contribution < -0.4 is 10.6 Å². The highest BCUT2D eigenvalue weighted by Crippen LogP contribution is 2.34. The monoisotopic (exact) mass is 196 g/mol. The van der Waals surface area contributed by atoms with E-state index in [9.17, 15) is 4.79 Å². The summed E-state index contributed by atoms with van der Waals surface area (Å²) in [6.07, 6.45) is 6.19. The SMILES string of the molecule is CCCC1CC1NC(=O)CNC1CC1. The highest BCUT2D eigenvalue weighted by molar-refractivity contribution is 5.78. The lowest BCUT2D eigenvalue weighted by atomic mass is 10.2. The molecule has 80 valence electrons. The minimum Gasteiger partial charge on any atom is -0.352 e. The highest BCUT2D eigenvalue weighted by Gasteiger charge is 2.37. The second kappa shape index (κ2) is 4.30. The standard InChI is InChI=1S/C11H20N2O/c1-2-3-8-6-10(8)13-11(14)7-12-9-4-5-9/h8-10,12H,2-7H2,1H3,(H,13,14). The van der Waals surface area contributed by atoms with Gasteiger partial charge in [0.2, 0.25) is 5.91 Å². The van der Waals surface area contributed by atoms with Gasteiger partial charge >= 0.3 is 0 Å². The van der Waals surface area contributed by atoms with Gasteiger partial charge in [0.25, 0.3) is 0 Å². The maximum absolute atomic E-state index is 11.4. The summed E-state index contributed by atoms with van der Waals surface area (Å²) < 4.78 is 0. The fraction of sp³-hybridized carbons (Fsp3) is 0.909. The van der Waals surface area contributed by atoms with Crippen LogP contribution in [0.4, 0.5) is 0 Å². The Labute approximate surface area is 85.6 Å². The van der Waals surface area contributed by atoms with Crippen LogP contribution in [0.1, 0.15) is 39.0 Å². The van der Waals surface area contributed by atoms with E-state index in [0.29, 0.717) is 18.6 Å². The van der Waals surface area contributed by atoms with Gasteiger partial charge in [-0.2, -0.15) is 0 Å². The van der Waals surface area contributed by atoms with Crippen LogP contribution in [-0.4, -0.2) is 24.5 Å². The van der Waals surface area contributed by atoms with Crippen molar-refractivity contribution in [2.45, 2.75) is 51.1 Å². The molecule has 2 unspecified atom stereocenters. The van der Waals surface area contributed by atoms with Crippen molar-refractivity contribution in [3.05, 3.63) is 0 Å². The molecule has 2 rings (SSSR count). The summed E-state index contributed by atoms with van der Waals surface area (Å²) in [6.45, 7) is 2.71. The molecule has 0 aliphatic heterocycles. The Morgan fingerprint density at radius 3 is 2.86 bits per heavy atom. The van der Waals surface area contributed by atoms with Crippen molar-refractivity contribution in [1.29, 1.82) is 0 Å². The van der Waals surface area contributed by atoms with E-state index in [1.165, 1.54) is 32.1 Å². The average Bonchev–Trinajstić information content (AvgIpc) is 3.00. The third-order valence-corrected chi connectivity index (χ3v) is 3.06. The molecule has 1 amide bonds. The molecule has 0 heterocycles. The number of rotatable bonds is 6. The smallest absolute Gasteiger partial charge is 0.234 e. The number of nitrogens with one attached hydrogen (secondary N) is 2. The summed E-state index contributed by atoms with van der Waals surface area (Å²) in [6, 6.07) is 1.12. The average molecular weight is 196 g/mol. The Bertz CT molecular complexity index is 213. The molecule has 2 fully saturated rings. The van der Waals surface area contributed by atoms with Gasteiger partial charge in [-0.25, -0.2) is 0 Å². The number of carbonyl (C=O) groups is 1. The zero-order valence-corrected chi connectivity index (χ0v) is 8.88. The van der Waals surface area contributed by atoms with Crippen LogP contribution in [0.3, 0.4) is 0 Å². The molecule has 0 aromatic carbocycles. The predicted molar refractivity (Wildman–Crippen MR) is 56.0 cm³/mol. The number of amides is 1. The fourth-order valence-corrected chi connectivity index (χ4v) is 1.90. The van der Waals surface area contributed by atoms with Gasteiger partial charge in [-0.05, 0) is 31.6 Å². The lowest BCUT2D eigenvalue weighted by molar-refractivity contribution is -0.120. The summed E-state index contributed by atoms with van der Waals surface area (Å²) in [5.41, 5.74) is 0. The van der Waals surface area contributed by atoms with Crippen LogP contribution in [0.5, 0.6) is 0 Å². The van der Waals surface area contributed by atoms with E-state index < -0.39 is 0 Å². The molecule has 0 aromatic heterocycles. The molecule has 2 atom stereocenters. The highest BCUT2D eigenvalue weighted by atomic mass is 16.2. The van der Waals surface area contributed by atoms with E-state index >= 15 is 0 Å². The van der Waals surface area contributed by atoms with Gasteiger partial charge in [-0.3, -0.25) is 4.79 Å². The first kappa shape index (κ1) is 9.97. The second-order valence-corrected chi connectivity index (χ2v) is 4.61. The van der Waals surface area contributed by atoms with Crippen molar-refractivity contribution < 1.29 is 4.79 Å². The van der Waals surface area contributed by atoms with Crippen LogP contribution in [0.25, 0.3) is 0 Å². The van der Waals surface area contributed by atoms with Gasteiger partial charge in [0.1, 0.15) is 0 Å². The largest absolute Gasteiger partial charge is 0.352 e. The Morgan fingerprint density at radius 1 is 1.43 bits per heavy atom. The van der Waals surface area contributed by atoms with Crippen molar-refractivity contribution in [3.63, 3.8) is 0 Å². The molecule has 14 heavy (non-hydrogen) atoms.